The van der Waals surface area contributed by atoms with Gasteiger partial charge in [-0.25, -0.2) is 4.79 Å². The van der Waals surface area contributed by atoms with Crippen molar-refractivity contribution < 1.29 is 37.3 Å². The molecule has 2 aliphatic heterocycles. The second-order valence-electron chi connectivity index (χ2n) is 11.8. The Bertz CT molecular complexity index is 1470. The molecule has 1 spiro atoms. The summed E-state index contributed by atoms with van der Waals surface area (Å²) in [7, 11) is 0. The smallest absolute Gasteiger partial charge is 0.416 e. The number of aliphatic hydroxyl groups excluding tert-OH is 1. The van der Waals surface area contributed by atoms with Crippen LogP contribution in [0.1, 0.15) is 66.5 Å². The number of halogens is 3. The van der Waals surface area contributed by atoms with E-state index < -0.39 is 41.7 Å². The largest absolute Gasteiger partial charge is 0.445 e. The summed E-state index contributed by atoms with van der Waals surface area (Å²) in [6.45, 7) is 2.93. The van der Waals surface area contributed by atoms with E-state index in [2.05, 4.69) is 0 Å². The van der Waals surface area contributed by atoms with Crippen molar-refractivity contribution in [3.8, 4) is 0 Å². The van der Waals surface area contributed by atoms with E-state index in [1.54, 1.807) is 24.8 Å². The van der Waals surface area contributed by atoms with Gasteiger partial charge in [-0.15, -0.1) is 0 Å². The zero-order valence-corrected chi connectivity index (χ0v) is 24.8. The molecule has 7 nitrogen and oxygen atoms in total. The highest BCUT2D eigenvalue weighted by atomic mass is 19.4. The van der Waals surface area contributed by atoms with Gasteiger partial charge in [-0.2, -0.15) is 13.2 Å². The molecule has 0 radical (unpaired) electrons. The van der Waals surface area contributed by atoms with Crippen molar-refractivity contribution in [2.24, 2.45) is 0 Å². The van der Waals surface area contributed by atoms with Crippen molar-refractivity contribution in [1.29, 1.82) is 0 Å². The molecule has 2 amide bonds. The first kappa shape index (κ1) is 31.5. The van der Waals surface area contributed by atoms with Crippen LogP contribution in [0.4, 0.5) is 18.0 Å². The lowest BCUT2D eigenvalue weighted by molar-refractivity contribution is -0.143. The van der Waals surface area contributed by atoms with Crippen molar-refractivity contribution >= 4 is 12.0 Å². The topological polar surface area (TPSA) is 79.3 Å². The van der Waals surface area contributed by atoms with Crippen molar-refractivity contribution in [1.82, 2.24) is 9.80 Å². The number of hydrogen-bond donors (Lipinski definition) is 1. The van der Waals surface area contributed by atoms with Gasteiger partial charge in [0.1, 0.15) is 13.3 Å². The van der Waals surface area contributed by atoms with Crippen LogP contribution in [0.2, 0.25) is 0 Å². The Morgan fingerprint density at radius 2 is 1.68 bits per heavy atom. The summed E-state index contributed by atoms with van der Waals surface area (Å²) in [5, 5.41) is 10.1. The molecule has 44 heavy (non-hydrogen) atoms. The van der Waals surface area contributed by atoms with Crippen molar-refractivity contribution in [2.45, 2.75) is 69.5 Å². The molecular weight excluding hydrogens is 573 g/mol. The fourth-order valence-corrected chi connectivity index (χ4v) is 6.52. The molecule has 0 saturated carbocycles. The van der Waals surface area contributed by atoms with Gasteiger partial charge in [-0.05, 0) is 61.9 Å². The molecule has 10 heteroatoms. The Kier molecular flexibility index (Phi) is 9.04. The van der Waals surface area contributed by atoms with Crippen molar-refractivity contribution in [3.63, 3.8) is 0 Å². The number of ether oxygens (including phenoxy) is 2. The molecule has 3 atom stereocenters. The van der Waals surface area contributed by atoms with E-state index in [1.165, 1.54) is 4.90 Å². The van der Waals surface area contributed by atoms with E-state index in [-0.39, 0.29) is 32.1 Å². The van der Waals surface area contributed by atoms with Crippen LogP contribution in [0.3, 0.4) is 0 Å². The number of aryl methyl sites for hydroxylation is 1. The second kappa shape index (κ2) is 12.6. The molecule has 0 bridgehead atoms. The third-order valence-corrected chi connectivity index (χ3v) is 9.00. The Hall–Kier alpha value is -3.89. The minimum atomic E-state index is -4.50. The zero-order chi connectivity index (χ0) is 31.5. The molecule has 3 aromatic carbocycles. The predicted octanol–water partition coefficient (Wildman–Crippen LogP) is 6.73. The Morgan fingerprint density at radius 3 is 2.34 bits per heavy atom. The number of benzene rings is 3. The number of carbonyl (C=O) groups excluding carboxylic acids is 2. The quantitative estimate of drug-likeness (QED) is 0.306. The van der Waals surface area contributed by atoms with E-state index in [4.69, 9.17) is 9.47 Å². The number of alkyl halides is 3. The molecule has 0 aliphatic carbocycles. The molecule has 3 aromatic rings. The number of hydrogen-bond acceptors (Lipinski definition) is 5. The van der Waals surface area contributed by atoms with Crippen LogP contribution in [0, 0.1) is 6.92 Å². The van der Waals surface area contributed by atoms with Crippen LogP contribution in [0.5, 0.6) is 0 Å². The zero-order valence-electron chi connectivity index (χ0n) is 24.8. The first-order valence-corrected chi connectivity index (χ1v) is 14.7. The standard InChI is InChI=1S/C34H37F3N2O5/c1-24-17-27(19-29(18-24)34(35,36)37)25(2)44-22-33(28-11-7-4-8-12-28)16-15-32(14-13-30(41)39(32)23-40)21-38(33)31(42)43-20-26-9-5-3-6-10-26/h3-12,17-19,25,40H,13-16,20-23H2,1-2H3/t25-,32-,33-/m1/s1. The highest BCUT2D eigenvalue weighted by molar-refractivity contribution is 5.80. The van der Waals surface area contributed by atoms with E-state index >= 15 is 0 Å². The lowest BCUT2D eigenvalue weighted by Gasteiger charge is -2.54. The van der Waals surface area contributed by atoms with Gasteiger partial charge in [-0.3, -0.25) is 9.69 Å². The highest BCUT2D eigenvalue weighted by Gasteiger charge is 2.56. The van der Waals surface area contributed by atoms with E-state index in [9.17, 15) is 27.9 Å². The predicted molar refractivity (Wildman–Crippen MR) is 157 cm³/mol. The van der Waals surface area contributed by atoms with Crippen LogP contribution < -0.4 is 0 Å². The van der Waals surface area contributed by atoms with Gasteiger partial charge in [0.2, 0.25) is 5.91 Å². The van der Waals surface area contributed by atoms with Gasteiger partial charge in [0.05, 0.1) is 29.4 Å². The number of likely N-dealkylation sites (tertiary alicyclic amines) is 2. The van der Waals surface area contributed by atoms with Crippen LogP contribution in [-0.2, 0) is 32.6 Å². The first-order chi connectivity index (χ1) is 21.0. The van der Waals surface area contributed by atoms with Gasteiger partial charge in [0, 0.05) is 13.0 Å². The molecule has 0 unspecified atom stereocenters. The number of carbonyl (C=O) groups is 2. The summed E-state index contributed by atoms with van der Waals surface area (Å²) in [4.78, 5) is 29.8. The summed E-state index contributed by atoms with van der Waals surface area (Å²) in [5.41, 5.74) is -0.170. The average molecular weight is 611 g/mol. The normalized spacial score (nSPS) is 22.8. The minimum absolute atomic E-state index is 0.0253. The summed E-state index contributed by atoms with van der Waals surface area (Å²) >= 11 is 0. The molecular formula is C34H37F3N2O5. The summed E-state index contributed by atoms with van der Waals surface area (Å²) in [6.07, 6.45) is -4.25. The van der Waals surface area contributed by atoms with Crippen LogP contribution in [-0.4, -0.2) is 52.3 Å². The molecule has 2 aliphatic rings. The Balaban J connectivity index is 1.50. The molecule has 2 saturated heterocycles. The maximum Gasteiger partial charge on any atom is 0.416 e. The second-order valence-corrected chi connectivity index (χ2v) is 11.8. The third-order valence-electron chi connectivity index (χ3n) is 9.00. The monoisotopic (exact) mass is 610 g/mol. The fourth-order valence-electron chi connectivity index (χ4n) is 6.52. The molecule has 2 fully saturated rings. The first-order valence-electron chi connectivity index (χ1n) is 14.7. The van der Waals surface area contributed by atoms with E-state index in [0.29, 0.717) is 30.4 Å². The molecule has 5 rings (SSSR count). The molecule has 2 heterocycles. The number of nitrogens with zero attached hydrogens (tertiary/aromatic N) is 2. The molecule has 1 N–H and O–H groups in total. The number of amides is 2. The van der Waals surface area contributed by atoms with E-state index in [1.807, 2.05) is 60.7 Å². The van der Waals surface area contributed by atoms with Crippen LogP contribution >= 0.6 is 0 Å². The number of aliphatic hydroxyl groups is 1. The molecule has 234 valence electrons. The van der Waals surface area contributed by atoms with Gasteiger partial charge < -0.3 is 19.5 Å². The summed E-state index contributed by atoms with van der Waals surface area (Å²) in [5.74, 6) is -0.179. The fraction of sp³-hybridized carbons (Fsp3) is 0.412. The number of piperidine rings is 1. The summed E-state index contributed by atoms with van der Waals surface area (Å²) < 4.78 is 53.0. The van der Waals surface area contributed by atoms with Crippen LogP contribution in [0.25, 0.3) is 0 Å². The maximum absolute atomic E-state index is 14.0. The summed E-state index contributed by atoms with van der Waals surface area (Å²) in [6, 6.07) is 22.5. The van der Waals surface area contributed by atoms with Crippen molar-refractivity contribution in [3.05, 3.63) is 107 Å². The van der Waals surface area contributed by atoms with Crippen molar-refractivity contribution in [2.75, 3.05) is 19.9 Å². The van der Waals surface area contributed by atoms with E-state index in [0.717, 1.165) is 23.3 Å². The lowest BCUT2D eigenvalue weighted by Crippen LogP contribution is -2.65. The highest BCUT2D eigenvalue weighted by Crippen LogP contribution is 2.48. The third kappa shape index (κ3) is 6.32. The van der Waals surface area contributed by atoms with Crippen LogP contribution in [0.15, 0.2) is 78.9 Å². The van der Waals surface area contributed by atoms with Gasteiger partial charge in [-0.1, -0.05) is 72.3 Å². The maximum atomic E-state index is 14.0. The van der Waals surface area contributed by atoms with Gasteiger partial charge in [0.15, 0.2) is 0 Å². The average Bonchev–Trinajstić information content (AvgIpc) is 3.33. The van der Waals surface area contributed by atoms with Gasteiger partial charge >= 0.3 is 12.3 Å². The lowest BCUT2D eigenvalue weighted by atomic mass is 9.73. The number of rotatable bonds is 8. The van der Waals surface area contributed by atoms with Gasteiger partial charge in [0.25, 0.3) is 0 Å². The Morgan fingerprint density at radius 1 is 1.00 bits per heavy atom. The minimum Gasteiger partial charge on any atom is -0.445 e. The SMILES string of the molecule is Cc1cc([C@@H](C)OC[C@@]2(c3ccccc3)CC[C@]3(CCC(=O)N3CO)CN2C(=O)OCc2ccccc2)cc(C(F)(F)F)c1. The molecule has 0 aromatic heterocycles. The Labute approximate surface area is 255 Å².